The number of nitrogens with one attached hydrogen (secondary N) is 1. The molecule has 0 bridgehead atoms. The van der Waals surface area contributed by atoms with E-state index in [1.165, 1.54) is 51.4 Å². The number of unbranched alkanes of at least 4 members (excludes halogenated alkanes) is 8. The van der Waals surface area contributed by atoms with Gasteiger partial charge in [0.25, 0.3) is 0 Å². The van der Waals surface area contributed by atoms with Crippen LogP contribution in [-0.2, 0) is 9.59 Å². The van der Waals surface area contributed by atoms with Crippen molar-refractivity contribution in [2.75, 3.05) is 47.3 Å². The average molecular weight is 447 g/mol. The average Bonchev–Trinajstić information content (AvgIpc) is 3.02. The van der Waals surface area contributed by atoms with Crippen LogP contribution >= 0.6 is 0 Å². The minimum atomic E-state index is -1.00. The van der Waals surface area contributed by atoms with Gasteiger partial charge in [0.2, 0.25) is 0 Å². The lowest BCUT2D eigenvalue weighted by Crippen LogP contribution is -2.61. The van der Waals surface area contributed by atoms with Crippen molar-refractivity contribution in [1.82, 2.24) is 5.32 Å². The number of carboxylic acid groups (broad SMARTS) is 2. The molecule has 3 unspecified atom stereocenters. The predicted octanol–water partition coefficient (Wildman–Crippen LogP) is 1.52. The fourth-order valence-corrected chi connectivity index (χ4v) is 4.19. The third kappa shape index (κ3) is 13.7. The van der Waals surface area contributed by atoms with E-state index in [0.717, 1.165) is 19.4 Å². The first kappa shape index (κ1) is 29.8. The van der Waals surface area contributed by atoms with Gasteiger partial charge in [-0.2, -0.15) is 0 Å². The van der Waals surface area contributed by atoms with Gasteiger partial charge in [0.1, 0.15) is 12.7 Å². The third-order valence-electron chi connectivity index (χ3n) is 5.89. The molecule has 1 rings (SSSR count). The molecule has 1 heterocycles. The number of rotatable bonds is 15. The molecule has 0 aromatic rings. The maximum Gasteiger partial charge on any atom is 0.359 e. The molecule has 31 heavy (non-hydrogen) atoms. The summed E-state index contributed by atoms with van der Waals surface area (Å²) in [6.07, 6.45) is 12.0. The topological polar surface area (TPSA) is 110 Å². The number of carbonyl (C=O) groups is 2. The second kappa shape index (κ2) is 15.6. The zero-order chi connectivity index (χ0) is 23.9. The summed E-state index contributed by atoms with van der Waals surface area (Å²) in [6, 6.07) is 0. The Morgan fingerprint density at radius 3 is 1.97 bits per heavy atom. The van der Waals surface area contributed by atoms with Crippen LogP contribution in [0.25, 0.3) is 0 Å². The molecule has 8 nitrogen and oxygen atoms in total. The van der Waals surface area contributed by atoms with Gasteiger partial charge in [-0.3, -0.25) is 9.80 Å². The van der Waals surface area contributed by atoms with Crippen molar-refractivity contribution >= 4 is 11.9 Å². The van der Waals surface area contributed by atoms with Gasteiger partial charge in [-0.05, 0) is 6.42 Å². The first-order valence-corrected chi connectivity index (χ1v) is 11.9. The highest BCUT2D eigenvalue weighted by atomic mass is 16.4. The highest BCUT2D eigenvalue weighted by Gasteiger charge is 2.46. The van der Waals surface area contributed by atoms with Crippen molar-refractivity contribution < 1.29 is 33.9 Å². The molecule has 0 aliphatic carbocycles. The molecular formula is C23H48N3O5+. The smallest absolute Gasteiger partial charge is 0.359 e. The summed E-state index contributed by atoms with van der Waals surface area (Å²) >= 11 is 0. The van der Waals surface area contributed by atoms with Crippen molar-refractivity contribution in [3.8, 4) is 0 Å². The van der Waals surface area contributed by atoms with Crippen LogP contribution in [0.4, 0.5) is 0 Å². The third-order valence-corrected chi connectivity index (χ3v) is 5.89. The van der Waals surface area contributed by atoms with Gasteiger partial charge in [-0.25, -0.2) is 4.79 Å². The fraction of sp³-hybridized carbons (Fsp3) is 0.913. The second-order valence-electron chi connectivity index (χ2n) is 9.92. The lowest BCUT2D eigenvalue weighted by atomic mass is 10.1. The maximum absolute atomic E-state index is 11.2. The maximum atomic E-state index is 11.2. The van der Waals surface area contributed by atoms with Crippen LogP contribution in [0.3, 0.4) is 0 Å². The standard InChI is InChI=1S/C18H36N2O3.C5H11NO2/c1-3-4-5-6-7-8-9-10-11-12-17-19-13-14-20(17,16(2)21)15-18(22)23;1-6(2,3)4-5(7)8/h16-17,19,21H,3-15H2,1-2H3;4H2,1-3H3/p+1. The van der Waals surface area contributed by atoms with E-state index in [4.69, 9.17) is 0 Å². The van der Waals surface area contributed by atoms with E-state index in [9.17, 15) is 24.9 Å². The molecule has 1 fully saturated rings. The minimum absolute atomic E-state index is 0.00671. The zero-order valence-electron chi connectivity index (χ0n) is 20.6. The number of aliphatic carboxylic acids is 2. The largest absolute Gasteiger partial charge is 0.544 e. The quantitative estimate of drug-likeness (QED) is 0.260. The van der Waals surface area contributed by atoms with E-state index in [2.05, 4.69) is 12.2 Å². The van der Waals surface area contributed by atoms with Gasteiger partial charge in [-0.1, -0.05) is 58.3 Å². The Morgan fingerprint density at radius 2 is 1.58 bits per heavy atom. The van der Waals surface area contributed by atoms with Gasteiger partial charge in [0.05, 0.1) is 40.2 Å². The van der Waals surface area contributed by atoms with E-state index in [0.29, 0.717) is 11.0 Å². The number of quaternary nitrogens is 2. The molecule has 8 heteroatoms. The summed E-state index contributed by atoms with van der Waals surface area (Å²) in [7, 11) is 5.40. The number of hydrogen-bond donors (Lipinski definition) is 3. The number of likely N-dealkylation sites (N-methyl/N-ethyl adjacent to an activating group) is 1. The number of aliphatic hydroxyl groups is 1. The van der Waals surface area contributed by atoms with Crippen molar-refractivity contribution in [3.05, 3.63) is 0 Å². The van der Waals surface area contributed by atoms with E-state index < -0.39 is 18.2 Å². The van der Waals surface area contributed by atoms with Crippen LogP contribution in [0.1, 0.15) is 78.1 Å². The summed E-state index contributed by atoms with van der Waals surface area (Å²) in [5.41, 5.74) is 0. The molecule has 0 saturated carbocycles. The number of nitrogens with zero attached hydrogens (tertiary/aromatic N) is 2. The molecule has 0 amide bonds. The highest BCUT2D eigenvalue weighted by Crippen LogP contribution is 2.25. The Hall–Kier alpha value is -1.22. The van der Waals surface area contributed by atoms with E-state index in [1.807, 2.05) is 0 Å². The summed E-state index contributed by atoms with van der Waals surface area (Å²) < 4.78 is 0.689. The predicted molar refractivity (Wildman–Crippen MR) is 121 cm³/mol. The van der Waals surface area contributed by atoms with Gasteiger partial charge in [-0.15, -0.1) is 0 Å². The molecule has 184 valence electrons. The molecule has 0 aromatic heterocycles. The fourth-order valence-electron chi connectivity index (χ4n) is 4.19. The van der Waals surface area contributed by atoms with E-state index in [-0.39, 0.29) is 23.7 Å². The Morgan fingerprint density at radius 1 is 1.06 bits per heavy atom. The molecule has 3 N–H and O–H groups in total. The van der Waals surface area contributed by atoms with E-state index in [1.54, 1.807) is 28.1 Å². The number of carbonyl (C=O) groups excluding carboxylic acids is 1. The Kier molecular flexibility index (Phi) is 14.9. The molecule has 1 saturated heterocycles. The normalized spacial score (nSPS) is 21.9. The van der Waals surface area contributed by atoms with Gasteiger partial charge >= 0.3 is 5.97 Å². The van der Waals surface area contributed by atoms with Crippen LogP contribution in [0.15, 0.2) is 0 Å². The summed E-state index contributed by atoms with van der Waals surface area (Å²) in [5.74, 6) is -1.83. The Bertz CT molecular complexity index is 508. The molecule has 1 aliphatic heterocycles. The van der Waals surface area contributed by atoms with Crippen LogP contribution < -0.4 is 10.4 Å². The van der Waals surface area contributed by atoms with Crippen LogP contribution in [0.5, 0.6) is 0 Å². The van der Waals surface area contributed by atoms with Crippen molar-refractivity contribution in [2.45, 2.75) is 90.4 Å². The first-order chi connectivity index (χ1) is 14.4. The molecular weight excluding hydrogens is 398 g/mol. The van der Waals surface area contributed by atoms with Gasteiger partial charge < -0.3 is 24.6 Å². The SMILES string of the molecule is CCCCCCCCCCCC1NCC[N+]1(CC(=O)O)C(C)O.C[N+](C)(C)CC(=O)[O-]. The number of carboxylic acids is 2. The first-order valence-electron chi connectivity index (χ1n) is 11.9. The van der Waals surface area contributed by atoms with Crippen molar-refractivity contribution in [3.63, 3.8) is 0 Å². The summed E-state index contributed by atoms with van der Waals surface area (Å²) in [6.45, 7) is 5.53. The molecule has 3 atom stereocenters. The molecule has 0 aromatic carbocycles. The van der Waals surface area contributed by atoms with Crippen molar-refractivity contribution in [1.29, 1.82) is 0 Å². The molecule has 1 aliphatic rings. The van der Waals surface area contributed by atoms with Crippen LogP contribution in [0.2, 0.25) is 0 Å². The van der Waals surface area contributed by atoms with Gasteiger partial charge in [0.15, 0.2) is 12.8 Å². The number of aliphatic hydroxyl groups excluding tert-OH is 1. The monoisotopic (exact) mass is 446 g/mol. The second-order valence-corrected chi connectivity index (χ2v) is 9.92. The van der Waals surface area contributed by atoms with E-state index >= 15 is 0 Å². The lowest BCUT2D eigenvalue weighted by Gasteiger charge is -2.40. The number of hydrogen-bond acceptors (Lipinski definition) is 5. The molecule has 0 radical (unpaired) electrons. The molecule has 0 spiro atoms. The Balaban J connectivity index is 0.000000954. The van der Waals surface area contributed by atoms with Crippen molar-refractivity contribution in [2.24, 2.45) is 0 Å². The van der Waals surface area contributed by atoms with Gasteiger partial charge in [0, 0.05) is 13.3 Å². The zero-order valence-corrected chi connectivity index (χ0v) is 20.6. The van der Waals surface area contributed by atoms with Crippen LogP contribution in [-0.4, -0.2) is 90.8 Å². The Labute approximate surface area is 189 Å². The highest BCUT2D eigenvalue weighted by molar-refractivity contribution is 5.68. The minimum Gasteiger partial charge on any atom is -0.544 e. The summed E-state index contributed by atoms with van der Waals surface area (Å²) in [4.78, 5) is 21.1. The summed E-state index contributed by atoms with van der Waals surface area (Å²) in [5, 5.41) is 32.6. The lowest BCUT2D eigenvalue weighted by molar-refractivity contribution is -0.974. The van der Waals surface area contributed by atoms with Crippen LogP contribution in [0, 0.1) is 0 Å².